The highest BCUT2D eigenvalue weighted by Crippen LogP contribution is 2.07. The van der Waals surface area contributed by atoms with Gasteiger partial charge in [-0.1, -0.05) is 12.1 Å². The minimum atomic E-state index is -0.332. The lowest BCUT2D eigenvalue weighted by Crippen LogP contribution is -2.24. The van der Waals surface area contributed by atoms with Crippen LogP contribution >= 0.6 is 0 Å². The zero-order valence-electron chi connectivity index (χ0n) is 10.1. The Balaban J connectivity index is 1.85. The number of rotatable bonds is 4. The molecule has 0 aliphatic rings. The Labute approximate surface area is 105 Å². The Morgan fingerprint density at radius 1 is 1.33 bits per heavy atom. The lowest BCUT2D eigenvalue weighted by Gasteiger charge is -2.03. The molecule has 0 radical (unpaired) electrons. The summed E-state index contributed by atoms with van der Waals surface area (Å²) in [5, 5.41) is 2.73. The molecule has 0 bridgehead atoms. The summed E-state index contributed by atoms with van der Waals surface area (Å²) in [6.45, 7) is 2.19. The van der Waals surface area contributed by atoms with Crippen LogP contribution in [-0.2, 0) is 17.8 Å². The van der Waals surface area contributed by atoms with E-state index in [0.29, 0.717) is 17.9 Å². The highest BCUT2D eigenvalue weighted by Gasteiger charge is 2.05. The number of carbonyl (C=O) groups is 1. The van der Waals surface area contributed by atoms with Gasteiger partial charge < -0.3 is 9.73 Å². The second-order valence-electron chi connectivity index (χ2n) is 4.10. The van der Waals surface area contributed by atoms with Crippen molar-refractivity contribution in [2.45, 2.75) is 19.9 Å². The molecule has 0 aliphatic carbocycles. The maximum Gasteiger partial charge on any atom is 0.224 e. The van der Waals surface area contributed by atoms with Gasteiger partial charge in [-0.2, -0.15) is 0 Å². The molecule has 1 heterocycles. The number of nitrogens with one attached hydrogen (secondary N) is 1. The summed E-state index contributed by atoms with van der Waals surface area (Å²) >= 11 is 0. The van der Waals surface area contributed by atoms with Crippen LogP contribution in [0.1, 0.15) is 17.1 Å². The fourth-order valence-electron chi connectivity index (χ4n) is 1.66. The second-order valence-corrected chi connectivity index (χ2v) is 4.10. The van der Waals surface area contributed by atoms with Crippen LogP contribution in [0.15, 0.2) is 40.8 Å². The van der Waals surface area contributed by atoms with Crippen molar-refractivity contribution >= 4 is 5.91 Å². The fraction of sp³-hybridized carbons (Fsp3) is 0.214. The number of halogens is 1. The van der Waals surface area contributed by atoms with Gasteiger partial charge in [0, 0.05) is 0 Å². The minimum absolute atomic E-state index is 0.158. The molecule has 94 valence electrons. The minimum Gasteiger partial charge on any atom is -0.465 e. The topological polar surface area (TPSA) is 42.2 Å². The molecule has 0 unspecified atom stereocenters. The molecule has 18 heavy (non-hydrogen) atoms. The summed E-state index contributed by atoms with van der Waals surface area (Å²) in [6.07, 6.45) is 0.164. The van der Waals surface area contributed by atoms with Crippen molar-refractivity contribution in [1.82, 2.24) is 5.32 Å². The molecule has 3 nitrogen and oxygen atoms in total. The monoisotopic (exact) mass is 247 g/mol. The molecule has 4 heteroatoms. The van der Waals surface area contributed by atoms with Gasteiger partial charge in [0.05, 0.1) is 13.0 Å². The normalized spacial score (nSPS) is 10.3. The number of aryl methyl sites for hydroxylation is 1. The van der Waals surface area contributed by atoms with E-state index in [1.54, 1.807) is 12.1 Å². The van der Waals surface area contributed by atoms with Gasteiger partial charge in [0.15, 0.2) is 0 Å². The predicted molar refractivity (Wildman–Crippen MR) is 65.4 cm³/mol. The van der Waals surface area contributed by atoms with Crippen LogP contribution < -0.4 is 5.32 Å². The van der Waals surface area contributed by atoms with E-state index < -0.39 is 0 Å². The quantitative estimate of drug-likeness (QED) is 0.902. The Bertz CT molecular complexity index is 548. The van der Waals surface area contributed by atoms with Crippen molar-refractivity contribution in [1.29, 1.82) is 0 Å². The Morgan fingerprint density at radius 2 is 2.17 bits per heavy atom. The van der Waals surface area contributed by atoms with E-state index in [0.717, 1.165) is 5.76 Å². The van der Waals surface area contributed by atoms with E-state index in [-0.39, 0.29) is 18.1 Å². The molecule has 0 aliphatic heterocycles. The van der Waals surface area contributed by atoms with Crippen LogP contribution in [0.3, 0.4) is 0 Å². The van der Waals surface area contributed by atoms with Gasteiger partial charge in [-0.05, 0) is 36.8 Å². The van der Waals surface area contributed by atoms with Crippen molar-refractivity contribution in [2.24, 2.45) is 0 Å². The van der Waals surface area contributed by atoms with E-state index in [9.17, 15) is 9.18 Å². The van der Waals surface area contributed by atoms with Crippen LogP contribution in [0.5, 0.6) is 0 Å². The van der Waals surface area contributed by atoms with Gasteiger partial charge in [-0.25, -0.2) is 4.39 Å². The van der Waals surface area contributed by atoms with Crippen molar-refractivity contribution < 1.29 is 13.6 Å². The maximum absolute atomic E-state index is 12.9. The third kappa shape index (κ3) is 3.45. The fourth-order valence-corrected chi connectivity index (χ4v) is 1.66. The molecular formula is C14H14FNO2. The summed E-state index contributed by atoms with van der Waals surface area (Å²) in [4.78, 5) is 11.6. The molecular weight excluding hydrogens is 233 g/mol. The van der Waals surface area contributed by atoms with E-state index in [4.69, 9.17) is 4.42 Å². The number of carbonyl (C=O) groups excluding carboxylic acids is 1. The predicted octanol–water partition coefficient (Wildman–Crippen LogP) is 2.59. The van der Waals surface area contributed by atoms with Crippen LogP contribution in [0.4, 0.5) is 4.39 Å². The van der Waals surface area contributed by atoms with Gasteiger partial charge in [-0.3, -0.25) is 4.79 Å². The van der Waals surface area contributed by atoms with Crippen molar-refractivity contribution in [3.63, 3.8) is 0 Å². The average molecular weight is 247 g/mol. The highest BCUT2D eigenvalue weighted by molar-refractivity contribution is 5.78. The van der Waals surface area contributed by atoms with Gasteiger partial charge in [0.1, 0.15) is 17.3 Å². The van der Waals surface area contributed by atoms with Crippen LogP contribution in [0.2, 0.25) is 0 Å². The summed E-state index contributed by atoms with van der Waals surface area (Å²) in [5.74, 6) is 1.03. The number of amides is 1. The smallest absolute Gasteiger partial charge is 0.224 e. The first-order chi connectivity index (χ1) is 8.63. The number of hydrogen-bond acceptors (Lipinski definition) is 2. The molecule has 0 atom stereocenters. The third-order valence-corrected chi connectivity index (χ3v) is 2.51. The molecule has 2 aromatic rings. The number of benzene rings is 1. The largest absolute Gasteiger partial charge is 0.465 e. The summed E-state index contributed by atoms with van der Waals surface area (Å²) in [6, 6.07) is 9.68. The van der Waals surface area contributed by atoms with Crippen LogP contribution in [-0.4, -0.2) is 5.91 Å². The zero-order valence-corrected chi connectivity index (χ0v) is 10.1. The first-order valence-corrected chi connectivity index (χ1v) is 5.70. The zero-order chi connectivity index (χ0) is 13.0. The lowest BCUT2D eigenvalue weighted by molar-refractivity contribution is -0.120. The second kappa shape index (κ2) is 5.49. The van der Waals surface area contributed by atoms with Crippen LogP contribution in [0, 0.1) is 12.7 Å². The standard InChI is InChI=1S/C14H14FNO2/c1-10-5-6-13(18-10)9-16-14(17)8-11-3-2-4-12(15)7-11/h2-7H,8-9H2,1H3,(H,16,17). The van der Waals surface area contributed by atoms with E-state index in [1.165, 1.54) is 12.1 Å². The van der Waals surface area contributed by atoms with Crippen molar-refractivity contribution in [3.8, 4) is 0 Å². The molecule has 0 saturated heterocycles. The molecule has 1 amide bonds. The van der Waals surface area contributed by atoms with Crippen molar-refractivity contribution in [2.75, 3.05) is 0 Å². The Kier molecular flexibility index (Phi) is 3.77. The van der Waals surface area contributed by atoms with E-state index in [1.807, 2.05) is 19.1 Å². The van der Waals surface area contributed by atoms with Gasteiger partial charge in [-0.15, -0.1) is 0 Å². The average Bonchev–Trinajstić information content (AvgIpc) is 2.73. The summed E-state index contributed by atoms with van der Waals surface area (Å²) in [5.41, 5.74) is 0.656. The molecule has 1 aromatic heterocycles. The third-order valence-electron chi connectivity index (χ3n) is 2.51. The molecule has 0 spiro atoms. The highest BCUT2D eigenvalue weighted by atomic mass is 19.1. The SMILES string of the molecule is Cc1ccc(CNC(=O)Cc2cccc(F)c2)o1. The molecule has 1 N–H and O–H groups in total. The number of furan rings is 1. The first-order valence-electron chi connectivity index (χ1n) is 5.70. The Morgan fingerprint density at radius 3 is 2.83 bits per heavy atom. The molecule has 1 aromatic carbocycles. The first kappa shape index (κ1) is 12.4. The lowest BCUT2D eigenvalue weighted by atomic mass is 10.1. The Hall–Kier alpha value is -2.10. The maximum atomic E-state index is 12.9. The van der Waals surface area contributed by atoms with E-state index in [2.05, 4.69) is 5.32 Å². The molecule has 2 rings (SSSR count). The molecule has 0 saturated carbocycles. The van der Waals surface area contributed by atoms with Gasteiger partial charge in [0.25, 0.3) is 0 Å². The summed E-state index contributed by atoms with van der Waals surface area (Å²) < 4.78 is 18.3. The van der Waals surface area contributed by atoms with Gasteiger partial charge >= 0.3 is 0 Å². The number of hydrogen-bond donors (Lipinski definition) is 1. The van der Waals surface area contributed by atoms with Crippen LogP contribution in [0.25, 0.3) is 0 Å². The molecule has 0 fully saturated rings. The van der Waals surface area contributed by atoms with Gasteiger partial charge in [0.2, 0.25) is 5.91 Å². The summed E-state index contributed by atoms with van der Waals surface area (Å²) in [7, 11) is 0. The van der Waals surface area contributed by atoms with Crippen molar-refractivity contribution in [3.05, 3.63) is 59.3 Å². The van der Waals surface area contributed by atoms with E-state index >= 15 is 0 Å².